The normalized spacial score (nSPS) is 18.2. The molecule has 1 aliphatic carbocycles. The fourth-order valence-electron chi connectivity index (χ4n) is 3.95. The zero-order valence-electron chi connectivity index (χ0n) is 17.2. The number of nitrogens with two attached hydrogens (primary N) is 1. The number of ether oxygens (including phenoxy) is 1. The van der Waals surface area contributed by atoms with E-state index in [-0.39, 0.29) is 41.9 Å². The van der Waals surface area contributed by atoms with Crippen LogP contribution in [-0.2, 0) is 19.1 Å². The van der Waals surface area contributed by atoms with Gasteiger partial charge in [0.25, 0.3) is 0 Å². The minimum absolute atomic E-state index is 0. The van der Waals surface area contributed by atoms with Gasteiger partial charge in [-0.3, -0.25) is 9.59 Å². The molecule has 0 spiro atoms. The molecule has 3 atom stereocenters. The van der Waals surface area contributed by atoms with Crippen LogP contribution in [0.5, 0.6) is 0 Å². The van der Waals surface area contributed by atoms with E-state index in [2.05, 4.69) is 0 Å². The van der Waals surface area contributed by atoms with Gasteiger partial charge in [0.1, 0.15) is 6.10 Å². The van der Waals surface area contributed by atoms with E-state index in [0.29, 0.717) is 12.3 Å². The minimum atomic E-state index is -2.74. The average Bonchev–Trinajstić information content (AvgIpc) is 2.57. The molecule has 0 bridgehead atoms. The Labute approximate surface area is 199 Å². The molecule has 0 heterocycles. The van der Waals surface area contributed by atoms with E-state index >= 15 is 0 Å². The van der Waals surface area contributed by atoms with Crippen molar-refractivity contribution < 1.29 is 39.5 Å². The summed E-state index contributed by atoms with van der Waals surface area (Å²) in [6, 6.07) is -0.713. The number of hydrogen-bond acceptors (Lipinski definition) is 7. The number of hydrogen-bond donors (Lipinski definition) is 5. The predicted molar refractivity (Wildman–Crippen MR) is 111 cm³/mol. The van der Waals surface area contributed by atoms with Crippen molar-refractivity contribution in [3.63, 3.8) is 0 Å². The Balaban J connectivity index is 0.00000841. The van der Waals surface area contributed by atoms with Crippen LogP contribution in [-0.4, -0.2) is 91.7 Å². The number of aliphatic carboxylic acids is 2. The zero-order chi connectivity index (χ0) is 22.2. The monoisotopic (exact) mass is 441 g/mol. The van der Waals surface area contributed by atoms with Crippen molar-refractivity contribution >= 4 is 47.5 Å². The first-order chi connectivity index (χ1) is 13.4. The summed E-state index contributed by atoms with van der Waals surface area (Å²) in [4.78, 5) is 34.6. The topological polar surface area (TPSA) is 167 Å². The second-order valence-electron chi connectivity index (χ2n) is 8.64. The number of esters is 1. The molecule has 170 valence electrons. The summed E-state index contributed by atoms with van der Waals surface area (Å²) in [5.74, 6) is -4.07. The molecule has 0 saturated heterocycles. The third-order valence-electron chi connectivity index (χ3n) is 5.35. The van der Waals surface area contributed by atoms with Gasteiger partial charge in [-0.1, -0.05) is 46.0 Å². The van der Waals surface area contributed by atoms with E-state index in [0.717, 1.165) is 32.1 Å². The van der Waals surface area contributed by atoms with Gasteiger partial charge in [0.2, 0.25) is 0 Å². The average molecular weight is 441 g/mol. The van der Waals surface area contributed by atoms with Gasteiger partial charge in [-0.05, 0) is 24.7 Å². The van der Waals surface area contributed by atoms with Gasteiger partial charge in [0.05, 0.1) is 18.9 Å². The molecule has 1 aliphatic rings. The molecule has 0 aliphatic heterocycles. The van der Waals surface area contributed by atoms with E-state index in [9.17, 15) is 24.6 Å². The number of carbonyl (C=O) groups is 3. The first kappa shape index (κ1) is 29.3. The first-order valence-corrected chi connectivity index (χ1v) is 10.2. The molecule has 0 radical (unpaired) electrons. The molecule has 30 heavy (non-hydrogen) atoms. The van der Waals surface area contributed by atoms with Crippen LogP contribution < -0.4 is 5.73 Å². The van der Waals surface area contributed by atoms with Crippen molar-refractivity contribution in [3.8, 4) is 0 Å². The Morgan fingerprint density at radius 2 is 1.57 bits per heavy atom. The molecule has 1 saturated carbocycles. The van der Waals surface area contributed by atoms with Crippen LogP contribution in [0.15, 0.2) is 0 Å². The van der Waals surface area contributed by atoms with Crippen molar-refractivity contribution in [2.24, 2.45) is 17.6 Å². The van der Waals surface area contributed by atoms with Gasteiger partial charge in [0, 0.05) is 6.04 Å². The molecule has 0 aromatic heterocycles. The van der Waals surface area contributed by atoms with E-state index in [4.69, 9.17) is 20.7 Å². The SMILES string of the molecule is CC(C)C[C@H](O)[C@H](OC(=O)C(O)(CC(=O)O)CC(=O)O)[C@@H](N)CC1CCCCC1.[NaH]. The third kappa shape index (κ3) is 10.1. The van der Waals surface area contributed by atoms with Crippen LogP contribution in [0.3, 0.4) is 0 Å². The Morgan fingerprint density at radius 1 is 1.07 bits per heavy atom. The molecular formula is C20H36NNaO8. The van der Waals surface area contributed by atoms with Gasteiger partial charge in [-0.25, -0.2) is 4.79 Å². The second kappa shape index (κ2) is 13.6. The van der Waals surface area contributed by atoms with E-state index in [1.807, 2.05) is 13.8 Å². The summed E-state index contributed by atoms with van der Waals surface area (Å²) >= 11 is 0. The van der Waals surface area contributed by atoms with E-state index in [1.54, 1.807) is 0 Å². The Morgan fingerprint density at radius 3 is 2.00 bits per heavy atom. The van der Waals surface area contributed by atoms with Gasteiger partial charge >= 0.3 is 47.5 Å². The maximum atomic E-state index is 12.6. The quantitative estimate of drug-likeness (QED) is 0.215. The van der Waals surface area contributed by atoms with Crippen LogP contribution in [0.4, 0.5) is 0 Å². The van der Waals surface area contributed by atoms with Crippen LogP contribution in [0.1, 0.15) is 71.6 Å². The molecule has 0 unspecified atom stereocenters. The van der Waals surface area contributed by atoms with Crippen LogP contribution in [0, 0.1) is 11.8 Å². The summed E-state index contributed by atoms with van der Waals surface area (Å²) < 4.78 is 5.29. The first-order valence-electron chi connectivity index (χ1n) is 10.2. The molecule has 9 nitrogen and oxygen atoms in total. The molecule has 10 heteroatoms. The van der Waals surface area contributed by atoms with Crippen molar-refractivity contribution in [2.45, 2.75) is 95.5 Å². The summed E-state index contributed by atoms with van der Waals surface area (Å²) in [5.41, 5.74) is 3.53. The Hall–Kier alpha value is -0.710. The van der Waals surface area contributed by atoms with E-state index in [1.165, 1.54) is 0 Å². The van der Waals surface area contributed by atoms with Crippen molar-refractivity contribution in [3.05, 3.63) is 0 Å². The standard InChI is InChI=1S/C20H35NO8.Na.H/c1-12(2)8-15(22)18(14(21)9-13-6-4-3-5-7-13)29-19(27)20(28,10-16(23)24)11-17(25)26;;/h12-15,18,22,28H,3-11,21H2,1-2H3,(H,23,24)(H,25,26);;/t14-,15-,18+;;/m0../s1. The number of aliphatic hydroxyl groups is 2. The predicted octanol–water partition coefficient (Wildman–Crippen LogP) is 0.635. The number of carboxylic acid groups (broad SMARTS) is 2. The molecule has 1 fully saturated rings. The van der Waals surface area contributed by atoms with Crippen LogP contribution >= 0.6 is 0 Å². The fourth-order valence-corrected chi connectivity index (χ4v) is 3.95. The number of rotatable bonds is 12. The number of carboxylic acids is 2. The molecular weight excluding hydrogens is 405 g/mol. The fraction of sp³-hybridized carbons (Fsp3) is 0.850. The molecule has 6 N–H and O–H groups in total. The molecule has 0 aromatic rings. The van der Waals surface area contributed by atoms with Gasteiger partial charge in [0.15, 0.2) is 5.60 Å². The Bertz CT molecular complexity index is 549. The summed E-state index contributed by atoms with van der Waals surface area (Å²) in [5, 5.41) is 38.9. The van der Waals surface area contributed by atoms with Crippen LogP contribution in [0.25, 0.3) is 0 Å². The Kier molecular flexibility index (Phi) is 13.3. The van der Waals surface area contributed by atoms with Gasteiger partial charge in [-0.15, -0.1) is 0 Å². The second-order valence-corrected chi connectivity index (χ2v) is 8.64. The summed E-state index contributed by atoms with van der Waals surface area (Å²) in [6.07, 6.45) is 1.62. The summed E-state index contributed by atoms with van der Waals surface area (Å²) in [6.45, 7) is 3.75. The zero-order valence-corrected chi connectivity index (χ0v) is 17.2. The van der Waals surface area contributed by atoms with Crippen molar-refractivity contribution in [2.75, 3.05) is 0 Å². The molecule has 0 aromatic carbocycles. The van der Waals surface area contributed by atoms with E-state index < -0.39 is 54.6 Å². The van der Waals surface area contributed by atoms with Crippen LogP contribution in [0.2, 0.25) is 0 Å². The number of aliphatic hydroxyl groups excluding tert-OH is 1. The van der Waals surface area contributed by atoms with Gasteiger partial charge in [-0.2, -0.15) is 0 Å². The van der Waals surface area contributed by atoms with Crippen molar-refractivity contribution in [1.82, 2.24) is 0 Å². The molecule has 0 amide bonds. The maximum absolute atomic E-state index is 12.6. The van der Waals surface area contributed by atoms with Gasteiger partial charge < -0.3 is 30.9 Å². The number of carbonyl (C=O) groups excluding carboxylic acids is 1. The summed E-state index contributed by atoms with van der Waals surface area (Å²) in [7, 11) is 0. The molecule has 1 rings (SSSR count). The van der Waals surface area contributed by atoms with Crippen molar-refractivity contribution in [1.29, 1.82) is 0 Å². The third-order valence-corrected chi connectivity index (χ3v) is 5.35.